The molecule has 0 atom stereocenters. The van der Waals surface area contributed by atoms with Crippen molar-refractivity contribution in [2.75, 3.05) is 61.3 Å². The Morgan fingerprint density at radius 1 is 1.21 bits per heavy atom. The predicted molar refractivity (Wildman–Crippen MR) is 77.2 cm³/mol. The van der Waals surface area contributed by atoms with E-state index in [9.17, 15) is 4.79 Å². The molecule has 0 aliphatic carbocycles. The molecule has 0 saturated heterocycles. The van der Waals surface area contributed by atoms with E-state index in [4.69, 9.17) is 0 Å². The highest BCUT2D eigenvalue weighted by atomic mass is 16.2. The van der Waals surface area contributed by atoms with Crippen molar-refractivity contribution in [1.82, 2.24) is 9.97 Å². The summed E-state index contributed by atoms with van der Waals surface area (Å²) in [6.45, 7) is 2.89. The molecular weight excluding hydrogens is 244 g/mol. The smallest absolute Gasteiger partial charge is 0.228 e. The van der Waals surface area contributed by atoms with Crippen molar-refractivity contribution in [1.29, 1.82) is 0 Å². The van der Waals surface area contributed by atoms with E-state index < -0.39 is 0 Å². The maximum Gasteiger partial charge on any atom is 0.228 e. The maximum absolute atomic E-state index is 11.8. The summed E-state index contributed by atoms with van der Waals surface area (Å²) in [6.07, 6.45) is 0. The Morgan fingerprint density at radius 3 is 2.42 bits per heavy atom. The molecule has 2 rings (SSSR count). The molecule has 0 radical (unpaired) electrons. The molecule has 0 aromatic carbocycles. The second-order valence-electron chi connectivity index (χ2n) is 4.93. The highest BCUT2D eigenvalue weighted by Gasteiger charge is 2.27. The number of amides is 1. The van der Waals surface area contributed by atoms with Crippen LogP contribution in [0.25, 0.3) is 0 Å². The van der Waals surface area contributed by atoms with Gasteiger partial charge >= 0.3 is 0 Å². The average molecular weight is 264 g/mol. The van der Waals surface area contributed by atoms with Gasteiger partial charge in [-0.15, -0.1) is 0 Å². The lowest BCUT2D eigenvalue weighted by Crippen LogP contribution is -2.39. The monoisotopic (exact) mass is 264 g/mol. The fraction of sp³-hybridized carbons (Fsp3) is 0.583. The normalized spacial score (nSPS) is 13.6. The highest BCUT2D eigenvalue weighted by Crippen LogP contribution is 2.36. The van der Waals surface area contributed by atoms with Crippen molar-refractivity contribution >= 4 is 29.2 Å². The number of nitrogens with zero attached hydrogens (tertiary/aromatic N) is 5. The number of fused-ring (bicyclic) bond motifs is 1. The molecule has 1 aliphatic rings. The Hall–Kier alpha value is -2.05. The first-order chi connectivity index (χ1) is 8.91. The number of aromatic nitrogens is 2. The second-order valence-corrected chi connectivity index (χ2v) is 4.93. The zero-order valence-corrected chi connectivity index (χ0v) is 12.1. The van der Waals surface area contributed by atoms with Crippen LogP contribution in [0.3, 0.4) is 0 Å². The SMILES string of the molecule is CC(=O)N1CCNc2nc(N(C)C)nc(N(C)C)c21. The van der Waals surface area contributed by atoms with Gasteiger partial charge in [0, 0.05) is 48.2 Å². The third kappa shape index (κ3) is 2.40. The summed E-state index contributed by atoms with van der Waals surface area (Å²) in [6, 6.07) is 0. The molecule has 2 heterocycles. The molecular formula is C12H20N6O. The van der Waals surface area contributed by atoms with E-state index in [1.165, 1.54) is 0 Å². The molecule has 104 valence electrons. The van der Waals surface area contributed by atoms with Crippen molar-refractivity contribution in [2.24, 2.45) is 0 Å². The van der Waals surface area contributed by atoms with Crippen LogP contribution in [-0.2, 0) is 4.79 Å². The lowest BCUT2D eigenvalue weighted by molar-refractivity contribution is -0.116. The first-order valence-electron chi connectivity index (χ1n) is 6.20. The Morgan fingerprint density at radius 2 is 1.89 bits per heavy atom. The van der Waals surface area contributed by atoms with E-state index in [-0.39, 0.29) is 5.91 Å². The number of anilines is 4. The first-order valence-corrected chi connectivity index (χ1v) is 6.20. The Kier molecular flexibility index (Phi) is 3.46. The Labute approximate surface area is 113 Å². The summed E-state index contributed by atoms with van der Waals surface area (Å²) in [5.41, 5.74) is 0.759. The van der Waals surface area contributed by atoms with Crippen LogP contribution < -0.4 is 20.0 Å². The summed E-state index contributed by atoms with van der Waals surface area (Å²) in [4.78, 5) is 26.2. The van der Waals surface area contributed by atoms with E-state index in [1.807, 2.05) is 38.0 Å². The third-order valence-corrected chi connectivity index (χ3v) is 2.96. The Bertz CT molecular complexity index is 499. The van der Waals surface area contributed by atoms with Gasteiger partial charge in [0.15, 0.2) is 11.6 Å². The van der Waals surface area contributed by atoms with Gasteiger partial charge in [-0.1, -0.05) is 0 Å². The lowest BCUT2D eigenvalue weighted by atomic mass is 10.2. The minimum absolute atomic E-state index is 0.00653. The molecule has 1 aromatic rings. The number of nitrogens with one attached hydrogen (secondary N) is 1. The van der Waals surface area contributed by atoms with Crippen molar-refractivity contribution in [2.45, 2.75) is 6.92 Å². The van der Waals surface area contributed by atoms with E-state index in [1.54, 1.807) is 11.8 Å². The van der Waals surface area contributed by atoms with Crippen LogP contribution >= 0.6 is 0 Å². The molecule has 1 N–H and O–H groups in total. The zero-order valence-electron chi connectivity index (χ0n) is 12.1. The Balaban J connectivity index is 2.62. The topological polar surface area (TPSA) is 64.6 Å². The van der Waals surface area contributed by atoms with Gasteiger partial charge < -0.3 is 20.0 Å². The first kappa shape index (κ1) is 13.4. The van der Waals surface area contributed by atoms with Crippen molar-refractivity contribution in [3.05, 3.63) is 0 Å². The van der Waals surface area contributed by atoms with Gasteiger partial charge in [-0.3, -0.25) is 4.79 Å². The molecule has 7 nitrogen and oxygen atoms in total. The number of hydrogen-bond donors (Lipinski definition) is 1. The molecule has 0 saturated carbocycles. The minimum Gasteiger partial charge on any atom is -0.366 e. The lowest BCUT2D eigenvalue weighted by Gasteiger charge is -2.32. The summed E-state index contributed by atoms with van der Waals surface area (Å²) in [7, 11) is 7.61. The highest BCUT2D eigenvalue weighted by molar-refractivity contribution is 5.99. The van der Waals surface area contributed by atoms with Gasteiger partial charge in [0.1, 0.15) is 5.69 Å². The second kappa shape index (κ2) is 4.91. The van der Waals surface area contributed by atoms with E-state index in [2.05, 4.69) is 15.3 Å². The minimum atomic E-state index is 0.00653. The average Bonchev–Trinajstić information content (AvgIpc) is 2.36. The number of hydrogen-bond acceptors (Lipinski definition) is 6. The van der Waals surface area contributed by atoms with Crippen LogP contribution in [-0.4, -0.2) is 57.2 Å². The summed E-state index contributed by atoms with van der Waals surface area (Å²) >= 11 is 0. The van der Waals surface area contributed by atoms with Crippen LogP contribution in [0.5, 0.6) is 0 Å². The fourth-order valence-electron chi connectivity index (χ4n) is 2.03. The molecule has 1 aliphatic heterocycles. The number of carbonyl (C=O) groups excluding carboxylic acids is 1. The van der Waals surface area contributed by atoms with Gasteiger partial charge in [0.05, 0.1) is 0 Å². The van der Waals surface area contributed by atoms with Crippen LogP contribution in [0.4, 0.5) is 23.3 Å². The molecule has 19 heavy (non-hydrogen) atoms. The van der Waals surface area contributed by atoms with Crippen LogP contribution in [0, 0.1) is 0 Å². The van der Waals surface area contributed by atoms with Gasteiger partial charge in [-0.05, 0) is 0 Å². The predicted octanol–water partition coefficient (Wildman–Crippen LogP) is 0.387. The number of rotatable bonds is 2. The van der Waals surface area contributed by atoms with Crippen LogP contribution in [0.15, 0.2) is 0 Å². The number of carbonyl (C=O) groups is 1. The quantitative estimate of drug-likeness (QED) is 0.833. The molecule has 0 bridgehead atoms. The molecule has 0 spiro atoms. The van der Waals surface area contributed by atoms with Crippen LogP contribution in [0.2, 0.25) is 0 Å². The van der Waals surface area contributed by atoms with Crippen LogP contribution in [0.1, 0.15) is 6.92 Å². The molecule has 1 amide bonds. The van der Waals surface area contributed by atoms with Crippen molar-refractivity contribution in [3.63, 3.8) is 0 Å². The molecule has 0 unspecified atom stereocenters. The molecule has 7 heteroatoms. The summed E-state index contributed by atoms with van der Waals surface area (Å²) < 4.78 is 0. The zero-order chi connectivity index (χ0) is 14.2. The van der Waals surface area contributed by atoms with Crippen molar-refractivity contribution < 1.29 is 4.79 Å². The summed E-state index contributed by atoms with van der Waals surface area (Å²) in [5.74, 6) is 2.09. The molecule has 1 aromatic heterocycles. The van der Waals surface area contributed by atoms with Crippen molar-refractivity contribution in [3.8, 4) is 0 Å². The van der Waals surface area contributed by atoms with E-state index >= 15 is 0 Å². The molecule has 0 fully saturated rings. The third-order valence-electron chi connectivity index (χ3n) is 2.96. The van der Waals surface area contributed by atoms with E-state index in [0.29, 0.717) is 24.9 Å². The van der Waals surface area contributed by atoms with Gasteiger partial charge in [-0.25, -0.2) is 0 Å². The standard InChI is InChI=1S/C12H20N6O/c1-8(19)18-7-6-13-10-9(18)11(16(2)3)15-12(14-10)17(4)5/h6-7H2,1-5H3,(H,13,14,15). The van der Waals surface area contributed by atoms with Gasteiger partial charge in [-0.2, -0.15) is 9.97 Å². The largest absolute Gasteiger partial charge is 0.366 e. The fourth-order valence-corrected chi connectivity index (χ4v) is 2.03. The van der Waals surface area contributed by atoms with Gasteiger partial charge in [0.25, 0.3) is 0 Å². The summed E-state index contributed by atoms with van der Waals surface area (Å²) in [5, 5.41) is 3.24. The van der Waals surface area contributed by atoms with Gasteiger partial charge in [0.2, 0.25) is 11.9 Å². The van der Waals surface area contributed by atoms with E-state index in [0.717, 1.165) is 11.5 Å². The maximum atomic E-state index is 11.8.